The third kappa shape index (κ3) is 3.22. The summed E-state index contributed by atoms with van der Waals surface area (Å²) in [6.45, 7) is 11.0. The molecular weight excluding hydrogens is 210 g/mol. The monoisotopic (exact) mass is 235 g/mol. The first-order valence-electron chi connectivity index (χ1n) is 6.58. The average molecular weight is 235 g/mol. The number of methoxy groups -OCH3 is 1. The molecule has 17 heavy (non-hydrogen) atoms. The van der Waals surface area contributed by atoms with E-state index in [2.05, 4.69) is 50.8 Å². The number of hydrogen-bond acceptors (Lipinski definition) is 2. The third-order valence-corrected chi connectivity index (χ3v) is 3.53. The molecule has 1 aromatic rings. The molecule has 0 bridgehead atoms. The zero-order valence-electron chi connectivity index (χ0n) is 11.8. The van der Waals surface area contributed by atoms with Gasteiger partial charge in [0.1, 0.15) is 5.75 Å². The fourth-order valence-electron chi connectivity index (χ4n) is 2.30. The van der Waals surface area contributed by atoms with Crippen LogP contribution < -0.4 is 4.74 Å². The van der Waals surface area contributed by atoms with Gasteiger partial charge >= 0.3 is 0 Å². The second-order valence-corrected chi connectivity index (χ2v) is 4.32. The van der Waals surface area contributed by atoms with E-state index in [0.29, 0.717) is 6.04 Å². The van der Waals surface area contributed by atoms with E-state index >= 15 is 0 Å². The summed E-state index contributed by atoms with van der Waals surface area (Å²) in [6, 6.07) is 7.05. The highest BCUT2D eigenvalue weighted by molar-refractivity contribution is 5.38. The summed E-state index contributed by atoms with van der Waals surface area (Å²) in [4.78, 5) is 2.44. The molecule has 1 atom stereocenters. The van der Waals surface area contributed by atoms with Gasteiger partial charge in [-0.25, -0.2) is 0 Å². The van der Waals surface area contributed by atoms with E-state index < -0.39 is 0 Å². The van der Waals surface area contributed by atoms with Crippen molar-refractivity contribution in [3.63, 3.8) is 0 Å². The summed E-state index contributed by atoms with van der Waals surface area (Å²) in [5.74, 6) is 1.02. The lowest BCUT2D eigenvalue weighted by Gasteiger charge is -2.27. The first-order valence-corrected chi connectivity index (χ1v) is 6.58. The molecule has 0 aliphatic heterocycles. The van der Waals surface area contributed by atoms with E-state index in [-0.39, 0.29) is 0 Å². The summed E-state index contributed by atoms with van der Waals surface area (Å²) < 4.78 is 5.46. The van der Waals surface area contributed by atoms with Gasteiger partial charge in [-0.2, -0.15) is 0 Å². The molecule has 0 saturated carbocycles. The molecule has 1 unspecified atom stereocenters. The number of rotatable bonds is 6. The van der Waals surface area contributed by atoms with Crippen molar-refractivity contribution in [2.24, 2.45) is 0 Å². The van der Waals surface area contributed by atoms with Crippen molar-refractivity contribution >= 4 is 0 Å². The van der Waals surface area contributed by atoms with Gasteiger partial charge in [0.25, 0.3) is 0 Å². The standard InChI is InChI=1S/C15H25NO/c1-6-13-9-10-14(11-15(13)17-5)12(4)16(7-2)8-3/h9-12H,6-8H2,1-5H3. The highest BCUT2D eigenvalue weighted by Crippen LogP contribution is 2.27. The number of ether oxygens (including phenoxy) is 1. The van der Waals surface area contributed by atoms with Gasteiger partial charge in [-0.1, -0.05) is 32.9 Å². The number of hydrogen-bond donors (Lipinski definition) is 0. The molecule has 96 valence electrons. The predicted molar refractivity (Wildman–Crippen MR) is 73.7 cm³/mol. The Morgan fingerprint density at radius 3 is 2.29 bits per heavy atom. The smallest absolute Gasteiger partial charge is 0.122 e. The predicted octanol–water partition coefficient (Wildman–Crippen LogP) is 3.66. The van der Waals surface area contributed by atoms with Gasteiger partial charge in [0, 0.05) is 6.04 Å². The van der Waals surface area contributed by atoms with Crippen LogP contribution >= 0.6 is 0 Å². The summed E-state index contributed by atoms with van der Waals surface area (Å²) in [6.07, 6.45) is 1.02. The van der Waals surface area contributed by atoms with E-state index in [1.807, 2.05) is 0 Å². The minimum absolute atomic E-state index is 0.449. The maximum Gasteiger partial charge on any atom is 0.122 e. The Hall–Kier alpha value is -1.02. The van der Waals surface area contributed by atoms with Gasteiger partial charge in [-0.15, -0.1) is 0 Å². The molecule has 0 aliphatic rings. The van der Waals surface area contributed by atoms with E-state index in [1.165, 1.54) is 11.1 Å². The largest absolute Gasteiger partial charge is 0.496 e. The summed E-state index contributed by atoms with van der Waals surface area (Å²) in [5, 5.41) is 0. The summed E-state index contributed by atoms with van der Waals surface area (Å²) in [7, 11) is 1.75. The van der Waals surface area contributed by atoms with Crippen LogP contribution in [0.3, 0.4) is 0 Å². The lowest BCUT2D eigenvalue weighted by atomic mass is 10.0. The van der Waals surface area contributed by atoms with Crippen molar-refractivity contribution in [3.8, 4) is 5.75 Å². The second-order valence-electron chi connectivity index (χ2n) is 4.32. The molecule has 0 fully saturated rings. The Balaban J connectivity index is 2.98. The fourth-order valence-corrected chi connectivity index (χ4v) is 2.30. The topological polar surface area (TPSA) is 12.5 Å². The van der Waals surface area contributed by atoms with Crippen molar-refractivity contribution in [1.29, 1.82) is 0 Å². The van der Waals surface area contributed by atoms with Crippen LogP contribution in [0, 0.1) is 0 Å². The molecule has 0 heterocycles. The Labute approximate surface area is 106 Å². The maximum atomic E-state index is 5.46. The van der Waals surface area contributed by atoms with Gasteiger partial charge in [0.15, 0.2) is 0 Å². The molecule has 0 aromatic heterocycles. The molecule has 2 heteroatoms. The van der Waals surface area contributed by atoms with Crippen LogP contribution in [-0.4, -0.2) is 25.1 Å². The first-order chi connectivity index (χ1) is 8.17. The summed E-state index contributed by atoms with van der Waals surface area (Å²) in [5.41, 5.74) is 2.62. The van der Waals surface area contributed by atoms with Crippen molar-refractivity contribution in [2.75, 3.05) is 20.2 Å². The zero-order chi connectivity index (χ0) is 12.8. The Morgan fingerprint density at radius 1 is 1.18 bits per heavy atom. The minimum Gasteiger partial charge on any atom is -0.496 e. The molecule has 0 saturated heterocycles. The Bertz CT molecular complexity index is 345. The lowest BCUT2D eigenvalue weighted by molar-refractivity contribution is 0.234. The normalized spacial score (nSPS) is 12.8. The van der Waals surface area contributed by atoms with Crippen LogP contribution in [0.2, 0.25) is 0 Å². The van der Waals surface area contributed by atoms with Crippen molar-refractivity contribution in [2.45, 2.75) is 40.2 Å². The highest BCUT2D eigenvalue weighted by atomic mass is 16.5. The zero-order valence-corrected chi connectivity index (χ0v) is 11.8. The number of aryl methyl sites for hydroxylation is 1. The first kappa shape index (κ1) is 14.0. The van der Waals surface area contributed by atoms with Gasteiger partial charge in [-0.05, 0) is 43.6 Å². The third-order valence-electron chi connectivity index (χ3n) is 3.53. The van der Waals surface area contributed by atoms with Crippen LogP contribution in [0.5, 0.6) is 5.75 Å². The SMILES string of the molecule is CCc1ccc(C(C)N(CC)CC)cc1OC. The van der Waals surface area contributed by atoms with Crippen LogP contribution in [0.25, 0.3) is 0 Å². The number of nitrogens with zero attached hydrogens (tertiary/aromatic N) is 1. The van der Waals surface area contributed by atoms with E-state index in [0.717, 1.165) is 25.3 Å². The molecule has 0 amide bonds. The molecule has 2 nitrogen and oxygen atoms in total. The maximum absolute atomic E-state index is 5.46. The highest BCUT2D eigenvalue weighted by Gasteiger charge is 2.14. The van der Waals surface area contributed by atoms with Gasteiger partial charge in [-0.3, -0.25) is 4.90 Å². The quantitative estimate of drug-likeness (QED) is 0.746. The van der Waals surface area contributed by atoms with Crippen molar-refractivity contribution in [1.82, 2.24) is 4.90 Å². The van der Waals surface area contributed by atoms with Crippen LogP contribution in [0.1, 0.15) is 44.9 Å². The Kier molecular flexibility index (Phi) is 5.49. The molecular formula is C15H25NO. The lowest BCUT2D eigenvalue weighted by Crippen LogP contribution is -2.26. The van der Waals surface area contributed by atoms with Crippen molar-refractivity contribution < 1.29 is 4.74 Å². The molecule has 0 spiro atoms. The van der Waals surface area contributed by atoms with Crippen LogP contribution in [0.4, 0.5) is 0 Å². The molecule has 0 radical (unpaired) electrons. The average Bonchev–Trinajstić information content (AvgIpc) is 2.39. The van der Waals surface area contributed by atoms with E-state index in [4.69, 9.17) is 4.74 Å². The van der Waals surface area contributed by atoms with Gasteiger partial charge in [0.2, 0.25) is 0 Å². The van der Waals surface area contributed by atoms with E-state index in [1.54, 1.807) is 7.11 Å². The summed E-state index contributed by atoms with van der Waals surface area (Å²) >= 11 is 0. The molecule has 0 N–H and O–H groups in total. The Morgan fingerprint density at radius 2 is 1.82 bits per heavy atom. The van der Waals surface area contributed by atoms with Gasteiger partial charge < -0.3 is 4.74 Å². The van der Waals surface area contributed by atoms with Crippen LogP contribution in [0.15, 0.2) is 18.2 Å². The van der Waals surface area contributed by atoms with E-state index in [9.17, 15) is 0 Å². The number of benzene rings is 1. The fraction of sp³-hybridized carbons (Fsp3) is 0.600. The van der Waals surface area contributed by atoms with Crippen molar-refractivity contribution in [3.05, 3.63) is 29.3 Å². The van der Waals surface area contributed by atoms with Gasteiger partial charge in [0.05, 0.1) is 7.11 Å². The molecule has 0 aliphatic carbocycles. The minimum atomic E-state index is 0.449. The molecule has 1 aromatic carbocycles. The molecule has 1 rings (SSSR count). The second kappa shape index (κ2) is 6.65. The van der Waals surface area contributed by atoms with Crippen LogP contribution in [-0.2, 0) is 6.42 Å².